The molecule has 0 spiro atoms. The number of hydrogen-bond acceptors (Lipinski definition) is 4. The van der Waals surface area contributed by atoms with Gasteiger partial charge < -0.3 is 15.2 Å². The highest BCUT2D eigenvalue weighted by molar-refractivity contribution is 5.78. The summed E-state index contributed by atoms with van der Waals surface area (Å²) in [4.78, 5) is 23.9. The average molecular weight is 260 g/mol. The van der Waals surface area contributed by atoms with E-state index in [0.29, 0.717) is 26.2 Å². The zero-order valence-electron chi connectivity index (χ0n) is 11.3. The first kappa shape index (κ1) is 16.9. The van der Waals surface area contributed by atoms with Crippen LogP contribution in [0.25, 0.3) is 0 Å². The lowest BCUT2D eigenvalue weighted by Crippen LogP contribution is -2.39. The van der Waals surface area contributed by atoms with E-state index in [0.717, 1.165) is 12.8 Å². The summed E-state index contributed by atoms with van der Waals surface area (Å²) in [6.45, 7) is 4.56. The molecule has 0 fully saturated rings. The number of amides is 1. The Morgan fingerprint density at radius 3 is 2.61 bits per heavy atom. The van der Waals surface area contributed by atoms with Crippen molar-refractivity contribution in [3.63, 3.8) is 0 Å². The molecule has 0 radical (unpaired) electrons. The molecule has 6 heteroatoms. The van der Waals surface area contributed by atoms with Gasteiger partial charge in [0.1, 0.15) is 0 Å². The molecule has 0 atom stereocenters. The SMILES string of the molecule is CCCNC(=O)CN(CCCOC)CCC(=O)O. The predicted molar refractivity (Wildman–Crippen MR) is 68.5 cm³/mol. The molecule has 0 heterocycles. The summed E-state index contributed by atoms with van der Waals surface area (Å²) in [5, 5.41) is 11.4. The number of ether oxygens (including phenoxy) is 1. The van der Waals surface area contributed by atoms with Crippen LogP contribution in [0.2, 0.25) is 0 Å². The van der Waals surface area contributed by atoms with Crippen LogP contribution in [-0.2, 0) is 14.3 Å². The van der Waals surface area contributed by atoms with Gasteiger partial charge in [0.2, 0.25) is 5.91 Å². The van der Waals surface area contributed by atoms with E-state index < -0.39 is 5.97 Å². The van der Waals surface area contributed by atoms with E-state index in [2.05, 4.69) is 5.32 Å². The van der Waals surface area contributed by atoms with Crippen LogP contribution in [-0.4, -0.2) is 61.8 Å². The maximum atomic E-state index is 11.6. The van der Waals surface area contributed by atoms with Gasteiger partial charge in [0.25, 0.3) is 0 Å². The summed E-state index contributed by atoms with van der Waals surface area (Å²) in [6.07, 6.45) is 1.73. The minimum Gasteiger partial charge on any atom is -0.481 e. The van der Waals surface area contributed by atoms with Crippen LogP contribution in [0.4, 0.5) is 0 Å². The van der Waals surface area contributed by atoms with Crippen molar-refractivity contribution < 1.29 is 19.4 Å². The monoisotopic (exact) mass is 260 g/mol. The van der Waals surface area contributed by atoms with Crippen molar-refractivity contribution in [2.75, 3.05) is 39.9 Å². The molecule has 0 aromatic heterocycles. The summed E-state index contributed by atoms with van der Waals surface area (Å²) >= 11 is 0. The molecule has 2 N–H and O–H groups in total. The number of nitrogens with one attached hydrogen (secondary N) is 1. The van der Waals surface area contributed by atoms with Gasteiger partial charge in [-0.1, -0.05) is 6.92 Å². The fraction of sp³-hybridized carbons (Fsp3) is 0.833. The van der Waals surface area contributed by atoms with Crippen LogP contribution in [0.3, 0.4) is 0 Å². The Hall–Kier alpha value is -1.14. The summed E-state index contributed by atoms with van der Waals surface area (Å²) < 4.78 is 4.94. The molecule has 0 unspecified atom stereocenters. The maximum Gasteiger partial charge on any atom is 0.304 e. The van der Waals surface area contributed by atoms with Gasteiger partial charge in [0.15, 0.2) is 0 Å². The second-order valence-electron chi connectivity index (χ2n) is 4.12. The van der Waals surface area contributed by atoms with E-state index in [1.165, 1.54) is 0 Å². The van der Waals surface area contributed by atoms with Crippen LogP contribution in [0.15, 0.2) is 0 Å². The fourth-order valence-corrected chi connectivity index (χ4v) is 1.48. The Bertz CT molecular complexity index is 246. The molecule has 0 rings (SSSR count). The Balaban J connectivity index is 4.01. The topological polar surface area (TPSA) is 78.9 Å². The Kier molecular flexibility index (Phi) is 10.3. The molecule has 0 aromatic carbocycles. The van der Waals surface area contributed by atoms with E-state index in [-0.39, 0.29) is 18.9 Å². The zero-order valence-corrected chi connectivity index (χ0v) is 11.3. The normalized spacial score (nSPS) is 10.6. The lowest BCUT2D eigenvalue weighted by molar-refractivity contribution is -0.137. The highest BCUT2D eigenvalue weighted by Gasteiger charge is 2.11. The largest absolute Gasteiger partial charge is 0.481 e. The molecule has 0 aliphatic heterocycles. The van der Waals surface area contributed by atoms with Crippen molar-refractivity contribution in [2.45, 2.75) is 26.2 Å². The van der Waals surface area contributed by atoms with Crippen molar-refractivity contribution in [2.24, 2.45) is 0 Å². The minimum absolute atomic E-state index is 0.0496. The molecule has 0 aromatic rings. The van der Waals surface area contributed by atoms with Gasteiger partial charge in [-0.15, -0.1) is 0 Å². The molecule has 1 amide bonds. The Morgan fingerprint density at radius 1 is 1.33 bits per heavy atom. The van der Waals surface area contributed by atoms with Crippen molar-refractivity contribution in [1.82, 2.24) is 10.2 Å². The third-order valence-corrected chi connectivity index (χ3v) is 2.40. The van der Waals surface area contributed by atoms with E-state index in [9.17, 15) is 9.59 Å². The van der Waals surface area contributed by atoms with Crippen LogP contribution in [0.1, 0.15) is 26.2 Å². The molecular formula is C12H24N2O4. The number of hydrogen-bond donors (Lipinski definition) is 2. The van der Waals surface area contributed by atoms with Gasteiger partial charge in [-0.25, -0.2) is 0 Å². The molecule has 0 saturated carbocycles. The lowest BCUT2D eigenvalue weighted by Gasteiger charge is -2.20. The smallest absolute Gasteiger partial charge is 0.304 e. The molecule has 0 saturated heterocycles. The minimum atomic E-state index is -0.847. The number of carboxylic acids is 1. The van der Waals surface area contributed by atoms with Gasteiger partial charge in [-0.2, -0.15) is 0 Å². The number of aliphatic carboxylic acids is 1. The maximum absolute atomic E-state index is 11.6. The zero-order chi connectivity index (χ0) is 13.8. The van der Waals surface area contributed by atoms with Crippen LogP contribution in [0.5, 0.6) is 0 Å². The van der Waals surface area contributed by atoms with E-state index in [1.54, 1.807) is 7.11 Å². The predicted octanol–water partition coefficient (Wildman–Crippen LogP) is 0.326. The van der Waals surface area contributed by atoms with Crippen molar-refractivity contribution >= 4 is 11.9 Å². The average Bonchev–Trinajstić information content (AvgIpc) is 2.33. The van der Waals surface area contributed by atoms with E-state index in [1.807, 2.05) is 11.8 Å². The van der Waals surface area contributed by atoms with Gasteiger partial charge in [0, 0.05) is 33.4 Å². The highest BCUT2D eigenvalue weighted by atomic mass is 16.5. The van der Waals surface area contributed by atoms with Crippen LogP contribution < -0.4 is 5.32 Å². The standard InChI is InChI=1S/C12H24N2O4/c1-3-6-13-11(15)10-14(7-4-9-18-2)8-5-12(16)17/h3-10H2,1-2H3,(H,13,15)(H,16,17). The van der Waals surface area contributed by atoms with Gasteiger partial charge in [0.05, 0.1) is 13.0 Å². The third-order valence-electron chi connectivity index (χ3n) is 2.40. The number of nitrogens with zero attached hydrogens (tertiary/aromatic N) is 1. The highest BCUT2D eigenvalue weighted by Crippen LogP contribution is 1.95. The number of rotatable bonds is 11. The molecule has 18 heavy (non-hydrogen) atoms. The summed E-state index contributed by atoms with van der Waals surface area (Å²) in [5.74, 6) is -0.902. The fourth-order valence-electron chi connectivity index (χ4n) is 1.48. The Labute approximate surface area is 108 Å². The molecule has 0 aliphatic carbocycles. The summed E-state index contributed by atoms with van der Waals surface area (Å²) in [7, 11) is 1.62. The number of methoxy groups -OCH3 is 1. The third kappa shape index (κ3) is 10.0. The van der Waals surface area contributed by atoms with Gasteiger partial charge in [-0.05, 0) is 12.8 Å². The number of carboxylic acid groups (broad SMARTS) is 1. The molecule has 0 bridgehead atoms. The Morgan fingerprint density at radius 2 is 2.06 bits per heavy atom. The first-order valence-corrected chi connectivity index (χ1v) is 6.30. The van der Waals surface area contributed by atoms with Crippen molar-refractivity contribution in [3.8, 4) is 0 Å². The van der Waals surface area contributed by atoms with Crippen molar-refractivity contribution in [1.29, 1.82) is 0 Å². The molecule has 106 valence electrons. The van der Waals surface area contributed by atoms with Gasteiger partial charge >= 0.3 is 5.97 Å². The first-order chi connectivity index (χ1) is 8.60. The van der Waals surface area contributed by atoms with Crippen LogP contribution in [0, 0.1) is 0 Å². The van der Waals surface area contributed by atoms with Crippen molar-refractivity contribution in [3.05, 3.63) is 0 Å². The molecule has 6 nitrogen and oxygen atoms in total. The summed E-state index contributed by atoms with van der Waals surface area (Å²) in [6, 6.07) is 0. The second-order valence-corrected chi connectivity index (χ2v) is 4.12. The van der Waals surface area contributed by atoms with E-state index >= 15 is 0 Å². The quantitative estimate of drug-likeness (QED) is 0.523. The molecular weight excluding hydrogens is 236 g/mol. The first-order valence-electron chi connectivity index (χ1n) is 6.30. The van der Waals surface area contributed by atoms with E-state index in [4.69, 9.17) is 9.84 Å². The van der Waals surface area contributed by atoms with Crippen LogP contribution >= 0.6 is 0 Å². The lowest BCUT2D eigenvalue weighted by atomic mass is 10.3. The molecule has 0 aliphatic rings. The number of carbonyl (C=O) groups is 2. The number of carbonyl (C=O) groups excluding carboxylic acids is 1. The van der Waals surface area contributed by atoms with Gasteiger partial charge in [-0.3, -0.25) is 14.5 Å². The summed E-state index contributed by atoms with van der Waals surface area (Å²) in [5.41, 5.74) is 0. The second kappa shape index (κ2) is 11.0.